The Labute approximate surface area is 115 Å². The van der Waals surface area contributed by atoms with Crippen molar-refractivity contribution in [3.05, 3.63) is 35.4 Å². The standard InChI is InChI=1S/C17H23NO/c19-17(18-12-5-1-2-6-13-18)16-11-7-9-14-8-3-4-10-15(14)16/h3-4,8,10,16H,1-2,5-7,9,11-13H2. The fourth-order valence-corrected chi connectivity index (χ4v) is 3.52. The van der Waals surface area contributed by atoms with E-state index in [2.05, 4.69) is 29.2 Å². The second kappa shape index (κ2) is 5.77. The van der Waals surface area contributed by atoms with E-state index in [0.717, 1.165) is 32.4 Å². The maximum atomic E-state index is 12.8. The number of benzene rings is 1. The minimum absolute atomic E-state index is 0.128. The lowest BCUT2D eigenvalue weighted by molar-refractivity contribution is -0.133. The van der Waals surface area contributed by atoms with Gasteiger partial charge in [-0.15, -0.1) is 0 Å². The van der Waals surface area contributed by atoms with Gasteiger partial charge in [-0.25, -0.2) is 0 Å². The van der Waals surface area contributed by atoms with E-state index in [1.165, 1.54) is 36.8 Å². The molecule has 19 heavy (non-hydrogen) atoms. The van der Waals surface area contributed by atoms with Crippen molar-refractivity contribution in [1.29, 1.82) is 0 Å². The molecule has 0 aromatic heterocycles. The highest BCUT2D eigenvalue weighted by Gasteiger charge is 2.29. The first kappa shape index (κ1) is 12.7. The largest absolute Gasteiger partial charge is 0.342 e. The number of nitrogens with zero attached hydrogens (tertiary/aromatic N) is 1. The van der Waals surface area contributed by atoms with Crippen molar-refractivity contribution in [2.45, 2.75) is 50.9 Å². The molecule has 2 aliphatic rings. The van der Waals surface area contributed by atoms with E-state index in [-0.39, 0.29) is 5.92 Å². The Morgan fingerprint density at radius 3 is 2.53 bits per heavy atom. The first-order valence-electron chi connectivity index (χ1n) is 7.73. The summed E-state index contributed by atoms with van der Waals surface area (Å²) in [4.78, 5) is 14.9. The van der Waals surface area contributed by atoms with Gasteiger partial charge in [0.15, 0.2) is 0 Å². The van der Waals surface area contributed by atoms with Crippen molar-refractivity contribution < 1.29 is 4.79 Å². The van der Waals surface area contributed by atoms with Crippen molar-refractivity contribution in [2.24, 2.45) is 0 Å². The van der Waals surface area contributed by atoms with Crippen molar-refractivity contribution in [1.82, 2.24) is 4.90 Å². The Morgan fingerprint density at radius 2 is 1.74 bits per heavy atom. The van der Waals surface area contributed by atoms with Crippen LogP contribution in [0.25, 0.3) is 0 Å². The van der Waals surface area contributed by atoms with Crippen molar-refractivity contribution in [3.63, 3.8) is 0 Å². The van der Waals surface area contributed by atoms with Gasteiger partial charge >= 0.3 is 0 Å². The molecule has 0 radical (unpaired) electrons. The predicted octanol–water partition coefficient (Wildman–Crippen LogP) is 3.51. The Kier molecular flexibility index (Phi) is 3.86. The lowest BCUT2D eigenvalue weighted by Crippen LogP contribution is -2.37. The number of amides is 1. The maximum absolute atomic E-state index is 12.8. The quantitative estimate of drug-likeness (QED) is 0.754. The van der Waals surface area contributed by atoms with E-state index in [9.17, 15) is 4.79 Å². The van der Waals surface area contributed by atoms with Gasteiger partial charge in [-0.1, -0.05) is 37.1 Å². The molecule has 2 heteroatoms. The van der Waals surface area contributed by atoms with E-state index >= 15 is 0 Å². The fraction of sp³-hybridized carbons (Fsp3) is 0.588. The lowest BCUT2D eigenvalue weighted by Gasteiger charge is -2.30. The van der Waals surface area contributed by atoms with Crippen LogP contribution in [0.4, 0.5) is 0 Å². The van der Waals surface area contributed by atoms with Gasteiger partial charge in [0.25, 0.3) is 0 Å². The number of hydrogen-bond donors (Lipinski definition) is 0. The molecule has 1 amide bonds. The molecule has 102 valence electrons. The number of carbonyl (C=O) groups excluding carboxylic acids is 1. The summed E-state index contributed by atoms with van der Waals surface area (Å²) >= 11 is 0. The van der Waals surface area contributed by atoms with Crippen LogP contribution in [0, 0.1) is 0 Å². The van der Waals surface area contributed by atoms with Crippen LogP contribution in [0.2, 0.25) is 0 Å². The SMILES string of the molecule is O=C(C1CCCc2ccccc21)N1CCCCCC1. The van der Waals surface area contributed by atoms with Gasteiger partial charge in [-0.05, 0) is 43.2 Å². The number of fused-ring (bicyclic) bond motifs is 1. The zero-order valence-electron chi connectivity index (χ0n) is 11.6. The van der Waals surface area contributed by atoms with Crippen LogP contribution in [0.3, 0.4) is 0 Å². The molecule has 1 saturated heterocycles. The van der Waals surface area contributed by atoms with Crippen molar-refractivity contribution in [3.8, 4) is 0 Å². The number of likely N-dealkylation sites (tertiary alicyclic amines) is 1. The summed E-state index contributed by atoms with van der Waals surface area (Å²) in [5, 5.41) is 0. The summed E-state index contributed by atoms with van der Waals surface area (Å²) < 4.78 is 0. The molecule has 3 rings (SSSR count). The monoisotopic (exact) mass is 257 g/mol. The summed E-state index contributed by atoms with van der Waals surface area (Å²) in [7, 11) is 0. The van der Waals surface area contributed by atoms with Gasteiger partial charge in [-0.3, -0.25) is 4.79 Å². The Balaban J connectivity index is 1.80. The van der Waals surface area contributed by atoms with Gasteiger partial charge < -0.3 is 4.90 Å². The van der Waals surface area contributed by atoms with Crippen LogP contribution in [-0.2, 0) is 11.2 Å². The summed E-state index contributed by atoms with van der Waals surface area (Å²) in [5.74, 6) is 0.511. The highest BCUT2D eigenvalue weighted by atomic mass is 16.2. The van der Waals surface area contributed by atoms with Crippen molar-refractivity contribution >= 4 is 5.91 Å². The average molecular weight is 257 g/mol. The fourth-order valence-electron chi connectivity index (χ4n) is 3.52. The van der Waals surface area contributed by atoms with Gasteiger partial charge in [0.05, 0.1) is 5.92 Å². The van der Waals surface area contributed by atoms with E-state index in [1.807, 2.05) is 0 Å². The molecule has 0 saturated carbocycles. The first-order valence-corrected chi connectivity index (χ1v) is 7.73. The van der Waals surface area contributed by atoms with E-state index < -0.39 is 0 Å². The highest BCUT2D eigenvalue weighted by Crippen LogP contribution is 2.33. The number of aryl methyl sites for hydroxylation is 1. The molecular formula is C17H23NO. The molecule has 1 aromatic carbocycles. The van der Waals surface area contributed by atoms with Gasteiger partial charge in [-0.2, -0.15) is 0 Å². The van der Waals surface area contributed by atoms with Crippen molar-refractivity contribution in [2.75, 3.05) is 13.1 Å². The molecule has 0 bridgehead atoms. The van der Waals surface area contributed by atoms with E-state index in [0.29, 0.717) is 5.91 Å². The summed E-state index contributed by atoms with van der Waals surface area (Å²) in [6.45, 7) is 1.94. The van der Waals surface area contributed by atoms with Crippen LogP contribution in [0.1, 0.15) is 55.6 Å². The minimum Gasteiger partial charge on any atom is -0.342 e. The molecule has 1 aliphatic heterocycles. The van der Waals surface area contributed by atoms with Crippen LogP contribution >= 0.6 is 0 Å². The van der Waals surface area contributed by atoms with Crippen LogP contribution < -0.4 is 0 Å². The molecule has 2 nitrogen and oxygen atoms in total. The number of carbonyl (C=O) groups is 1. The van der Waals surface area contributed by atoms with Crippen LogP contribution in [-0.4, -0.2) is 23.9 Å². The Hall–Kier alpha value is -1.31. The number of hydrogen-bond acceptors (Lipinski definition) is 1. The molecule has 0 N–H and O–H groups in total. The third kappa shape index (κ3) is 2.68. The normalized spacial score (nSPS) is 23.6. The Bertz CT molecular complexity index is 446. The average Bonchev–Trinajstić information content (AvgIpc) is 2.75. The lowest BCUT2D eigenvalue weighted by atomic mass is 9.82. The van der Waals surface area contributed by atoms with Gasteiger partial charge in [0.2, 0.25) is 5.91 Å². The molecule has 1 aliphatic carbocycles. The predicted molar refractivity (Wildman–Crippen MR) is 77.2 cm³/mol. The molecule has 0 spiro atoms. The maximum Gasteiger partial charge on any atom is 0.230 e. The molecule has 1 heterocycles. The highest BCUT2D eigenvalue weighted by molar-refractivity contribution is 5.84. The van der Waals surface area contributed by atoms with E-state index in [4.69, 9.17) is 0 Å². The minimum atomic E-state index is 0.128. The summed E-state index contributed by atoms with van der Waals surface area (Å²) in [5.41, 5.74) is 2.69. The van der Waals surface area contributed by atoms with E-state index in [1.54, 1.807) is 0 Å². The third-order valence-corrected chi connectivity index (χ3v) is 4.59. The smallest absolute Gasteiger partial charge is 0.230 e. The Morgan fingerprint density at radius 1 is 1.00 bits per heavy atom. The zero-order chi connectivity index (χ0) is 13.1. The molecule has 1 fully saturated rings. The second-order valence-corrected chi connectivity index (χ2v) is 5.88. The molecule has 1 aromatic rings. The second-order valence-electron chi connectivity index (χ2n) is 5.88. The molecule has 1 atom stereocenters. The topological polar surface area (TPSA) is 20.3 Å². The first-order chi connectivity index (χ1) is 9.36. The molecular weight excluding hydrogens is 234 g/mol. The van der Waals surface area contributed by atoms with Crippen LogP contribution in [0.5, 0.6) is 0 Å². The summed E-state index contributed by atoms with van der Waals surface area (Å²) in [6.07, 6.45) is 8.25. The van der Waals surface area contributed by atoms with Gasteiger partial charge in [0.1, 0.15) is 0 Å². The molecule has 1 unspecified atom stereocenters. The third-order valence-electron chi connectivity index (χ3n) is 4.59. The van der Waals surface area contributed by atoms with Gasteiger partial charge in [0, 0.05) is 13.1 Å². The number of rotatable bonds is 1. The zero-order valence-corrected chi connectivity index (χ0v) is 11.6. The van der Waals surface area contributed by atoms with Crippen LogP contribution in [0.15, 0.2) is 24.3 Å². The summed E-state index contributed by atoms with van der Waals surface area (Å²) in [6, 6.07) is 8.52.